The summed E-state index contributed by atoms with van der Waals surface area (Å²) < 4.78 is 0. The second-order valence-corrected chi connectivity index (χ2v) is 0.894. The molecule has 0 aromatic carbocycles. The van der Waals surface area contributed by atoms with Crippen molar-refractivity contribution in [2.75, 3.05) is 28.2 Å². The van der Waals surface area contributed by atoms with Crippen molar-refractivity contribution in [3.05, 3.63) is 10.6 Å². The Morgan fingerprint density at radius 3 is 0.714 bits per heavy atom. The van der Waals surface area contributed by atoms with Crippen molar-refractivity contribution in [1.82, 2.24) is 0 Å². The summed E-state index contributed by atoms with van der Waals surface area (Å²) >= 11 is 0. The van der Waals surface area contributed by atoms with E-state index in [1.807, 2.05) is 0 Å². The van der Waals surface area contributed by atoms with E-state index < -0.39 is 0 Å². The van der Waals surface area contributed by atoms with Gasteiger partial charge < -0.3 is 10.6 Å². The molecule has 0 aliphatic carbocycles. The molecule has 0 aromatic rings. The molecule has 3 heteroatoms. The first-order valence-corrected chi connectivity index (χ1v) is 1.79. The molecule has 0 heterocycles. The van der Waals surface area contributed by atoms with Gasteiger partial charge in [0.2, 0.25) is 0 Å². The zero-order valence-electron chi connectivity index (χ0n) is 5.60. The van der Waals surface area contributed by atoms with Crippen LogP contribution in [0, 0.1) is 0 Å². The molecule has 0 N–H and O–H groups in total. The van der Waals surface area contributed by atoms with Crippen molar-refractivity contribution in [2.24, 2.45) is 0 Å². The second kappa shape index (κ2) is 30.0. The summed E-state index contributed by atoms with van der Waals surface area (Å²) in [6.07, 6.45) is 0. The van der Waals surface area contributed by atoms with Crippen molar-refractivity contribution in [3.63, 3.8) is 0 Å². The first kappa shape index (κ1) is 15.6. The molecule has 0 bridgehead atoms. The van der Waals surface area contributed by atoms with Gasteiger partial charge in [0.15, 0.2) is 0 Å². The molecule has 40 valence electrons. The van der Waals surface area contributed by atoms with Crippen molar-refractivity contribution in [2.45, 2.75) is 0 Å². The summed E-state index contributed by atoms with van der Waals surface area (Å²) in [6.45, 7) is 0. The van der Waals surface area contributed by atoms with Crippen LogP contribution in [0.25, 0.3) is 10.6 Å². The SMILES string of the molecule is C[N-]C.C[N-]C.[Mg+2]. The van der Waals surface area contributed by atoms with Crippen LogP contribution in [-0.2, 0) is 0 Å². The van der Waals surface area contributed by atoms with Gasteiger partial charge in [-0.1, -0.05) is 0 Å². The Hall–Kier alpha value is 0.686. The fraction of sp³-hybridized carbons (Fsp3) is 1.00. The Balaban J connectivity index is -0.0000000400. The quantitative estimate of drug-likeness (QED) is 0.416. The van der Waals surface area contributed by atoms with E-state index in [0.717, 1.165) is 0 Å². The molecular formula is C4H12MgN2. The van der Waals surface area contributed by atoms with Crippen LogP contribution in [0.15, 0.2) is 0 Å². The number of hydrogen-bond donors (Lipinski definition) is 0. The fourth-order valence-electron chi connectivity index (χ4n) is 0. The fourth-order valence-corrected chi connectivity index (χ4v) is 0. The molecule has 0 saturated carbocycles. The summed E-state index contributed by atoms with van der Waals surface area (Å²) in [4.78, 5) is 0. The van der Waals surface area contributed by atoms with Gasteiger partial charge in [0, 0.05) is 0 Å². The van der Waals surface area contributed by atoms with Crippen molar-refractivity contribution in [1.29, 1.82) is 0 Å². The van der Waals surface area contributed by atoms with Crippen LogP contribution in [0.3, 0.4) is 0 Å². The molecule has 0 radical (unpaired) electrons. The maximum Gasteiger partial charge on any atom is 2.00 e. The van der Waals surface area contributed by atoms with Crippen LogP contribution >= 0.6 is 0 Å². The molecule has 0 atom stereocenters. The van der Waals surface area contributed by atoms with Crippen molar-refractivity contribution in [3.8, 4) is 0 Å². The summed E-state index contributed by atoms with van der Waals surface area (Å²) in [5.41, 5.74) is 0. The molecule has 0 saturated heterocycles. The van der Waals surface area contributed by atoms with Crippen LogP contribution in [0.2, 0.25) is 0 Å². The van der Waals surface area contributed by atoms with E-state index in [0.29, 0.717) is 0 Å². The molecule has 0 aromatic heterocycles. The smallest absolute Gasteiger partial charge is 0.668 e. The van der Waals surface area contributed by atoms with E-state index in [1.165, 1.54) is 0 Å². The molecule has 0 unspecified atom stereocenters. The van der Waals surface area contributed by atoms with E-state index in [4.69, 9.17) is 0 Å². The minimum Gasteiger partial charge on any atom is -0.668 e. The Bertz CT molecular complexity index is 11.7. The zero-order chi connectivity index (χ0) is 5.41. The minimum atomic E-state index is 0. The van der Waals surface area contributed by atoms with Gasteiger partial charge in [-0.2, -0.15) is 28.2 Å². The van der Waals surface area contributed by atoms with Gasteiger partial charge in [0.1, 0.15) is 0 Å². The maximum absolute atomic E-state index is 3.50. The maximum atomic E-state index is 3.50. The van der Waals surface area contributed by atoms with Gasteiger partial charge in [-0.15, -0.1) is 0 Å². The van der Waals surface area contributed by atoms with E-state index in [9.17, 15) is 0 Å². The van der Waals surface area contributed by atoms with Gasteiger partial charge in [0.05, 0.1) is 0 Å². The van der Waals surface area contributed by atoms with Gasteiger partial charge >= 0.3 is 23.1 Å². The summed E-state index contributed by atoms with van der Waals surface area (Å²) in [6, 6.07) is 0. The Morgan fingerprint density at radius 2 is 0.714 bits per heavy atom. The first-order valence-electron chi connectivity index (χ1n) is 1.79. The summed E-state index contributed by atoms with van der Waals surface area (Å²) in [5.74, 6) is 0. The molecule has 0 fully saturated rings. The number of rotatable bonds is 0. The molecule has 0 aliphatic heterocycles. The Kier molecular flexibility index (Phi) is 67.0. The van der Waals surface area contributed by atoms with Crippen LogP contribution in [-0.4, -0.2) is 51.2 Å². The predicted molar refractivity (Wildman–Crippen MR) is 36.2 cm³/mol. The molecule has 0 spiro atoms. The molecule has 0 rings (SSSR count). The zero-order valence-corrected chi connectivity index (χ0v) is 7.02. The standard InChI is InChI=1S/2C2H6N.Mg/c2*1-3-2;/h2*1-2H3;/q2*-1;+2. The van der Waals surface area contributed by atoms with Gasteiger partial charge in [-0.25, -0.2) is 0 Å². The normalized spacial score (nSPS) is 5.14. The van der Waals surface area contributed by atoms with Crippen molar-refractivity contribution >= 4 is 23.1 Å². The predicted octanol–water partition coefficient (Wildman–Crippen LogP) is 0.859. The van der Waals surface area contributed by atoms with Gasteiger partial charge in [0.25, 0.3) is 0 Å². The van der Waals surface area contributed by atoms with E-state index >= 15 is 0 Å². The molecule has 7 heavy (non-hydrogen) atoms. The largest absolute Gasteiger partial charge is 2.00 e. The van der Waals surface area contributed by atoms with E-state index in [-0.39, 0.29) is 23.1 Å². The second-order valence-electron chi connectivity index (χ2n) is 0.894. The monoisotopic (exact) mass is 112 g/mol. The topological polar surface area (TPSA) is 28.2 Å². The molecule has 2 nitrogen and oxygen atoms in total. The summed E-state index contributed by atoms with van der Waals surface area (Å²) in [5, 5.41) is 7.00. The summed E-state index contributed by atoms with van der Waals surface area (Å²) in [7, 11) is 7.00. The van der Waals surface area contributed by atoms with Crippen LogP contribution in [0.1, 0.15) is 0 Å². The Labute approximate surface area is 62.2 Å². The molecule has 0 amide bonds. The van der Waals surface area contributed by atoms with Crippen molar-refractivity contribution < 1.29 is 0 Å². The van der Waals surface area contributed by atoms with E-state index in [1.54, 1.807) is 28.2 Å². The molecule has 0 aliphatic rings. The average Bonchev–Trinajstić information content (AvgIpc) is 1.39. The third kappa shape index (κ3) is 312. The van der Waals surface area contributed by atoms with Crippen LogP contribution < -0.4 is 0 Å². The first-order chi connectivity index (χ1) is 2.83. The van der Waals surface area contributed by atoms with E-state index in [2.05, 4.69) is 10.6 Å². The minimum absolute atomic E-state index is 0. The third-order valence-electron chi connectivity index (χ3n) is 0. The third-order valence-corrected chi connectivity index (χ3v) is 0. The van der Waals surface area contributed by atoms with Crippen LogP contribution in [0.5, 0.6) is 0 Å². The van der Waals surface area contributed by atoms with Gasteiger partial charge in [-0.05, 0) is 0 Å². The van der Waals surface area contributed by atoms with Crippen LogP contribution in [0.4, 0.5) is 0 Å². The van der Waals surface area contributed by atoms with Gasteiger partial charge in [-0.3, -0.25) is 0 Å². The molecular weight excluding hydrogens is 100 g/mol. The number of nitrogens with zero attached hydrogens (tertiary/aromatic N) is 2. The Morgan fingerprint density at radius 1 is 0.714 bits per heavy atom. The number of hydrogen-bond acceptors (Lipinski definition) is 0. The average molecular weight is 112 g/mol.